The minimum Gasteiger partial charge on any atom is -0.465 e. The number of thioether (sulfide) groups is 1. The Balaban J connectivity index is 1.58. The van der Waals surface area contributed by atoms with Gasteiger partial charge in [0.1, 0.15) is 6.04 Å². The van der Waals surface area contributed by atoms with Gasteiger partial charge in [-0.3, -0.25) is 14.4 Å². The van der Waals surface area contributed by atoms with Crippen LogP contribution in [0.3, 0.4) is 0 Å². The molecule has 1 aromatic rings. The van der Waals surface area contributed by atoms with E-state index in [0.29, 0.717) is 26.1 Å². The van der Waals surface area contributed by atoms with E-state index >= 15 is 0 Å². The van der Waals surface area contributed by atoms with Crippen molar-refractivity contribution in [3.8, 4) is 0 Å². The average molecular weight is 511 g/mol. The maximum Gasteiger partial charge on any atom is 0.311 e. The van der Waals surface area contributed by atoms with Gasteiger partial charge in [0.2, 0.25) is 11.8 Å². The van der Waals surface area contributed by atoms with E-state index in [2.05, 4.69) is 12.2 Å². The molecular formula is C28H34N2O5S. The Morgan fingerprint density at radius 2 is 1.86 bits per heavy atom. The number of esters is 1. The SMILES string of the molecule is C[C@@]12/C=C\CCCCOC(=O)[C@@H]1[C@H]1C(=O)N(CCCO)C3C(=O)N(Cc4ccccc4)CC=C[C@@]31S2. The zero-order valence-corrected chi connectivity index (χ0v) is 21.5. The number of aliphatic hydroxyl groups is 1. The van der Waals surface area contributed by atoms with Gasteiger partial charge >= 0.3 is 5.97 Å². The second-order valence-corrected chi connectivity index (χ2v) is 12.1. The lowest BCUT2D eigenvalue weighted by molar-refractivity contribution is -0.154. The Bertz CT molecular complexity index is 1070. The molecule has 4 aliphatic heterocycles. The number of carbonyl (C=O) groups excluding carboxylic acids is 3. The fourth-order valence-corrected chi connectivity index (χ4v) is 8.42. The lowest BCUT2D eigenvalue weighted by atomic mass is 9.74. The molecule has 192 valence electrons. The van der Waals surface area contributed by atoms with E-state index in [1.807, 2.05) is 49.4 Å². The van der Waals surface area contributed by atoms with Gasteiger partial charge in [0.05, 0.1) is 23.2 Å². The highest BCUT2D eigenvalue weighted by Crippen LogP contribution is 2.65. The molecule has 8 heteroatoms. The van der Waals surface area contributed by atoms with E-state index in [0.717, 1.165) is 24.8 Å². The molecule has 2 saturated heterocycles. The van der Waals surface area contributed by atoms with Crippen molar-refractivity contribution < 1.29 is 24.2 Å². The lowest BCUT2D eigenvalue weighted by Crippen LogP contribution is -2.53. The van der Waals surface area contributed by atoms with Crippen LogP contribution in [0.4, 0.5) is 0 Å². The first-order valence-corrected chi connectivity index (χ1v) is 13.7. The number of aliphatic hydroxyl groups excluding tert-OH is 1. The predicted octanol–water partition coefficient (Wildman–Crippen LogP) is 2.94. The van der Waals surface area contributed by atoms with Crippen LogP contribution in [0.25, 0.3) is 0 Å². The number of nitrogens with zero attached hydrogens (tertiary/aromatic N) is 2. The Labute approximate surface area is 216 Å². The number of rotatable bonds is 5. The zero-order chi connectivity index (χ0) is 25.3. The predicted molar refractivity (Wildman–Crippen MR) is 138 cm³/mol. The summed E-state index contributed by atoms with van der Waals surface area (Å²) in [6, 6.07) is 9.08. The minimum absolute atomic E-state index is 0.0784. The second-order valence-electron chi connectivity index (χ2n) is 10.3. The van der Waals surface area contributed by atoms with Crippen LogP contribution in [0.1, 0.15) is 38.2 Å². The maximum atomic E-state index is 14.2. The normalized spacial score (nSPS) is 35.1. The van der Waals surface area contributed by atoms with Gasteiger partial charge < -0.3 is 19.6 Å². The summed E-state index contributed by atoms with van der Waals surface area (Å²) in [6.07, 6.45) is 11.2. The van der Waals surface area contributed by atoms with Crippen LogP contribution in [0, 0.1) is 11.8 Å². The third kappa shape index (κ3) is 4.18. The molecule has 0 saturated carbocycles. The molecular weight excluding hydrogens is 476 g/mol. The summed E-state index contributed by atoms with van der Waals surface area (Å²) < 4.78 is 4.13. The number of benzene rings is 1. The highest BCUT2D eigenvalue weighted by atomic mass is 32.2. The van der Waals surface area contributed by atoms with Crippen LogP contribution in [-0.2, 0) is 25.7 Å². The third-order valence-electron chi connectivity index (χ3n) is 7.86. The molecule has 4 heterocycles. The Morgan fingerprint density at radius 3 is 2.64 bits per heavy atom. The van der Waals surface area contributed by atoms with Gasteiger partial charge in [-0.05, 0) is 38.2 Å². The van der Waals surface area contributed by atoms with Crippen LogP contribution in [0.5, 0.6) is 0 Å². The molecule has 5 rings (SSSR count). The van der Waals surface area contributed by atoms with Crippen molar-refractivity contribution in [2.24, 2.45) is 11.8 Å². The van der Waals surface area contributed by atoms with E-state index in [4.69, 9.17) is 4.74 Å². The van der Waals surface area contributed by atoms with E-state index < -0.39 is 27.4 Å². The molecule has 36 heavy (non-hydrogen) atoms. The Kier molecular flexibility index (Phi) is 7.01. The van der Waals surface area contributed by atoms with Gasteiger partial charge in [0, 0.05) is 31.0 Å². The average Bonchev–Trinajstić information content (AvgIpc) is 3.20. The molecule has 0 bridgehead atoms. The summed E-state index contributed by atoms with van der Waals surface area (Å²) in [6.45, 7) is 3.41. The number of ether oxygens (including phenoxy) is 1. The monoisotopic (exact) mass is 510 g/mol. The molecule has 4 aliphatic rings. The van der Waals surface area contributed by atoms with E-state index in [-0.39, 0.29) is 30.9 Å². The summed E-state index contributed by atoms with van der Waals surface area (Å²) >= 11 is 1.56. The van der Waals surface area contributed by atoms with Gasteiger partial charge in [0.15, 0.2) is 0 Å². The highest BCUT2D eigenvalue weighted by molar-refractivity contribution is 8.02. The third-order valence-corrected chi connectivity index (χ3v) is 9.65. The molecule has 2 amide bonds. The number of fused-ring (bicyclic) bond motifs is 2. The molecule has 1 aromatic carbocycles. The van der Waals surface area contributed by atoms with Gasteiger partial charge in [-0.25, -0.2) is 0 Å². The van der Waals surface area contributed by atoms with Crippen molar-refractivity contribution >= 4 is 29.5 Å². The second kappa shape index (κ2) is 10.1. The van der Waals surface area contributed by atoms with E-state index in [1.54, 1.807) is 21.6 Å². The van der Waals surface area contributed by atoms with Crippen LogP contribution in [0.15, 0.2) is 54.6 Å². The Hall–Kier alpha value is -2.58. The van der Waals surface area contributed by atoms with Gasteiger partial charge in [-0.15, -0.1) is 11.8 Å². The van der Waals surface area contributed by atoms with E-state index in [1.165, 1.54) is 0 Å². The van der Waals surface area contributed by atoms with Gasteiger partial charge in [0.25, 0.3) is 0 Å². The van der Waals surface area contributed by atoms with Crippen LogP contribution in [0.2, 0.25) is 0 Å². The first-order valence-electron chi connectivity index (χ1n) is 12.9. The number of cyclic esters (lactones) is 1. The summed E-state index contributed by atoms with van der Waals surface area (Å²) in [5.41, 5.74) is 1.02. The molecule has 0 aliphatic carbocycles. The van der Waals surface area contributed by atoms with Crippen molar-refractivity contribution in [3.63, 3.8) is 0 Å². The largest absolute Gasteiger partial charge is 0.465 e. The Morgan fingerprint density at radius 1 is 1.06 bits per heavy atom. The van der Waals surface area contributed by atoms with Crippen molar-refractivity contribution in [3.05, 3.63) is 60.2 Å². The van der Waals surface area contributed by atoms with Crippen molar-refractivity contribution in [2.75, 3.05) is 26.3 Å². The van der Waals surface area contributed by atoms with Crippen LogP contribution < -0.4 is 0 Å². The summed E-state index contributed by atoms with van der Waals surface area (Å²) in [7, 11) is 0. The molecule has 1 spiro atoms. The number of likely N-dealkylation sites (tertiary alicyclic amines) is 1. The van der Waals surface area contributed by atoms with Gasteiger partial charge in [-0.2, -0.15) is 0 Å². The van der Waals surface area contributed by atoms with Crippen molar-refractivity contribution in [1.29, 1.82) is 0 Å². The number of amides is 2. The van der Waals surface area contributed by atoms with Crippen LogP contribution in [-0.4, -0.2) is 74.5 Å². The minimum atomic E-state index is -0.883. The number of carbonyl (C=O) groups is 3. The van der Waals surface area contributed by atoms with Crippen molar-refractivity contribution in [1.82, 2.24) is 9.80 Å². The standard InChI is InChI=1S/C28H34N2O5S/c1-27-13-7-2-3-8-18-35-26(34)22(27)21-24(32)30(16-10-17-31)23-25(33)29(15-9-14-28(21,23)36-27)19-20-11-5-4-6-12-20/h4-7,9,11-14,21-23,31H,2-3,8,10,15-19H2,1H3/b13-7-/t21-,22-,23?,27+,28-/m0/s1. The zero-order valence-electron chi connectivity index (χ0n) is 20.7. The molecule has 1 unspecified atom stereocenters. The lowest BCUT2D eigenvalue weighted by Gasteiger charge is -2.37. The number of hydrogen-bond donors (Lipinski definition) is 1. The fourth-order valence-electron chi connectivity index (χ4n) is 6.27. The fraction of sp³-hybridized carbons (Fsp3) is 0.536. The summed E-state index contributed by atoms with van der Waals surface area (Å²) in [5, 5.41) is 9.54. The molecule has 2 fully saturated rings. The summed E-state index contributed by atoms with van der Waals surface area (Å²) in [4.78, 5) is 45.2. The topological polar surface area (TPSA) is 87.1 Å². The first kappa shape index (κ1) is 25.1. The molecule has 0 radical (unpaired) electrons. The van der Waals surface area contributed by atoms with E-state index in [9.17, 15) is 19.5 Å². The summed E-state index contributed by atoms with van der Waals surface area (Å²) in [5.74, 6) is -2.07. The van der Waals surface area contributed by atoms with Crippen molar-refractivity contribution in [2.45, 2.75) is 54.7 Å². The smallest absolute Gasteiger partial charge is 0.311 e. The number of hydrogen-bond acceptors (Lipinski definition) is 6. The first-order chi connectivity index (χ1) is 17.4. The molecule has 1 N–H and O–H groups in total. The van der Waals surface area contributed by atoms with Gasteiger partial charge in [-0.1, -0.05) is 54.6 Å². The highest BCUT2D eigenvalue weighted by Gasteiger charge is 2.73. The molecule has 7 nitrogen and oxygen atoms in total. The van der Waals surface area contributed by atoms with Crippen LogP contribution >= 0.6 is 11.8 Å². The maximum absolute atomic E-state index is 14.2. The quantitative estimate of drug-likeness (QED) is 0.484. The number of allylic oxidation sites excluding steroid dienone is 1. The molecule has 5 atom stereocenters. The molecule has 0 aromatic heterocycles.